The Labute approximate surface area is 299 Å². The Bertz CT molecular complexity index is 1910. The number of ether oxygens (including phenoxy) is 3. The first-order chi connectivity index (χ1) is 24.2. The minimum absolute atomic E-state index is 0.0100. The van der Waals surface area contributed by atoms with Crippen molar-refractivity contribution in [2.45, 2.75) is 49.7 Å². The van der Waals surface area contributed by atoms with Crippen LogP contribution in [0.25, 0.3) is 6.08 Å². The molecule has 0 saturated heterocycles. The summed E-state index contributed by atoms with van der Waals surface area (Å²) in [5.74, 6) is -0.661. The Balaban J connectivity index is 1.32. The molecule has 0 fully saturated rings. The van der Waals surface area contributed by atoms with Gasteiger partial charge in [0.2, 0.25) is 5.91 Å². The maximum atomic E-state index is 13.7. The van der Waals surface area contributed by atoms with Crippen LogP contribution < -0.4 is 25.4 Å². The molecule has 10 nitrogen and oxygen atoms in total. The van der Waals surface area contributed by atoms with E-state index in [9.17, 15) is 19.2 Å². The SMILES string of the molecule is CCOC(=O)c1c(NC(=O)C(C)Sc2cccc(NC(=O)/C(=C\c3ccc(OC)cc3OC)NC(=O)c3ccccc3)c2)sc2c1CCCC2. The normalized spacial score (nSPS) is 13.0. The van der Waals surface area contributed by atoms with Gasteiger partial charge in [0.25, 0.3) is 11.8 Å². The molecular formula is C38H39N3O7S2. The van der Waals surface area contributed by atoms with Crippen LogP contribution in [0.1, 0.15) is 63.4 Å². The van der Waals surface area contributed by atoms with Crippen molar-refractivity contribution in [1.82, 2.24) is 5.32 Å². The number of esters is 1. The number of hydrogen-bond acceptors (Lipinski definition) is 9. The van der Waals surface area contributed by atoms with Crippen LogP contribution in [-0.4, -0.2) is 49.8 Å². The number of thioether (sulfide) groups is 1. The standard InChI is InChI=1S/C38H39N3O7S2/c1-5-48-38(45)33-29-16-9-10-17-32(29)50-37(33)41-34(42)23(2)49-28-15-11-14-26(21-28)39-36(44)30(40-35(43)24-12-7-6-8-13-24)20-25-18-19-27(46-3)22-31(25)47-4/h6-8,11-15,18-23H,5,9-10,16-17H2,1-4H3,(H,39,44)(H,40,43)(H,41,42)/b30-20+. The number of fused-ring (bicyclic) bond motifs is 1. The van der Waals surface area contributed by atoms with E-state index in [0.717, 1.165) is 41.0 Å². The Hall–Kier alpha value is -5.07. The fraction of sp³-hybridized carbons (Fsp3) is 0.263. The minimum atomic E-state index is -0.562. The van der Waals surface area contributed by atoms with Crippen LogP contribution in [0, 0.1) is 0 Å². The van der Waals surface area contributed by atoms with E-state index in [0.29, 0.717) is 38.9 Å². The predicted octanol–water partition coefficient (Wildman–Crippen LogP) is 7.35. The molecule has 1 aliphatic rings. The Morgan fingerprint density at radius 2 is 1.70 bits per heavy atom. The zero-order valence-corrected chi connectivity index (χ0v) is 29.9. The van der Waals surface area contributed by atoms with Crippen LogP contribution in [0.2, 0.25) is 0 Å². The summed E-state index contributed by atoms with van der Waals surface area (Å²) in [5, 5.41) is 8.59. The third-order valence-electron chi connectivity index (χ3n) is 7.93. The number of anilines is 2. The minimum Gasteiger partial charge on any atom is -0.497 e. The molecule has 50 heavy (non-hydrogen) atoms. The zero-order valence-electron chi connectivity index (χ0n) is 28.3. The second kappa shape index (κ2) is 17.0. The van der Waals surface area contributed by atoms with E-state index in [1.54, 1.807) is 87.7 Å². The lowest BCUT2D eigenvalue weighted by atomic mass is 9.95. The number of rotatable bonds is 13. The smallest absolute Gasteiger partial charge is 0.341 e. The number of hydrogen-bond donors (Lipinski definition) is 3. The summed E-state index contributed by atoms with van der Waals surface area (Å²) in [6, 6.07) is 20.8. The van der Waals surface area contributed by atoms with E-state index in [-0.39, 0.29) is 18.2 Å². The number of aryl methyl sites for hydroxylation is 1. The summed E-state index contributed by atoms with van der Waals surface area (Å²) in [6.07, 6.45) is 5.25. The molecule has 260 valence electrons. The van der Waals surface area contributed by atoms with Gasteiger partial charge in [0.1, 0.15) is 22.2 Å². The van der Waals surface area contributed by atoms with Gasteiger partial charge in [-0.2, -0.15) is 0 Å². The lowest BCUT2D eigenvalue weighted by Gasteiger charge is -2.15. The van der Waals surface area contributed by atoms with E-state index in [1.165, 1.54) is 36.3 Å². The van der Waals surface area contributed by atoms with Crippen LogP contribution in [0.3, 0.4) is 0 Å². The van der Waals surface area contributed by atoms with Crippen LogP contribution in [0.15, 0.2) is 83.4 Å². The van der Waals surface area contributed by atoms with Gasteiger partial charge in [0.15, 0.2) is 0 Å². The Morgan fingerprint density at radius 3 is 2.44 bits per heavy atom. The van der Waals surface area contributed by atoms with Crippen molar-refractivity contribution in [2.24, 2.45) is 0 Å². The molecule has 3 aromatic carbocycles. The Kier molecular flexibility index (Phi) is 12.3. The molecule has 5 rings (SSSR count). The molecule has 12 heteroatoms. The highest BCUT2D eigenvalue weighted by Crippen LogP contribution is 2.39. The highest BCUT2D eigenvalue weighted by Gasteiger charge is 2.28. The van der Waals surface area contributed by atoms with Gasteiger partial charge in [0, 0.05) is 32.7 Å². The summed E-state index contributed by atoms with van der Waals surface area (Å²) in [7, 11) is 3.05. The first-order valence-electron chi connectivity index (χ1n) is 16.2. The van der Waals surface area contributed by atoms with Crippen molar-refractivity contribution in [1.29, 1.82) is 0 Å². The lowest BCUT2D eigenvalue weighted by molar-refractivity contribution is -0.115. The summed E-state index contributed by atoms with van der Waals surface area (Å²) in [4.78, 5) is 54.9. The molecule has 0 spiro atoms. The molecule has 1 unspecified atom stereocenters. The quantitative estimate of drug-likeness (QED) is 0.0745. The average molecular weight is 714 g/mol. The van der Waals surface area contributed by atoms with Crippen molar-refractivity contribution in [3.8, 4) is 11.5 Å². The summed E-state index contributed by atoms with van der Waals surface area (Å²) < 4.78 is 16.1. The predicted molar refractivity (Wildman–Crippen MR) is 197 cm³/mol. The van der Waals surface area contributed by atoms with Crippen LogP contribution in [-0.2, 0) is 27.2 Å². The highest BCUT2D eigenvalue weighted by atomic mass is 32.2. The van der Waals surface area contributed by atoms with Crippen molar-refractivity contribution in [3.63, 3.8) is 0 Å². The third kappa shape index (κ3) is 8.93. The second-order valence-corrected chi connectivity index (χ2v) is 13.9. The monoisotopic (exact) mass is 713 g/mol. The first-order valence-corrected chi connectivity index (χ1v) is 17.9. The van der Waals surface area contributed by atoms with Crippen molar-refractivity contribution < 1.29 is 33.4 Å². The van der Waals surface area contributed by atoms with Gasteiger partial charge >= 0.3 is 5.97 Å². The van der Waals surface area contributed by atoms with Crippen molar-refractivity contribution in [2.75, 3.05) is 31.5 Å². The zero-order chi connectivity index (χ0) is 35.6. The van der Waals surface area contributed by atoms with Crippen molar-refractivity contribution >= 4 is 63.6 Å². The van der Waals surface area contributed by atoms with Crippen LogP contribution in [0.5, 0.6) is 11.5 Å². The fourth-order valence-corrected chi connectivity index (χ4v) is 7.63. The largest absolute Gasteiger partial charge is 0.497 e. The topological polar surface area (TPSA) is 132 Å². The summed E-state index contributed by atoms with van der Waals surface area (Å²) >= 11 is 2.76. The average Bonchev–Trinajstić information content (AvgIpc) is 3.49. The number of benzene rings is 3. The van der Waals surface area contributed by atoms with Crippen LogP contribution in [0.4, 0.5) is 10.7 Å². The molecule has 1 heterocycles. The van der Waals surface area contributed by atoms with Gasteiger partial charge in [-0.1, -0.05) is 24.3 Å². The number of thiophene rings is 1. The Morgan fingerprint density at radius 1 is 0.920 bits per heavy atom. The summed E-state index contributed by atoms with van der Waals surface area (Å²) in [6.45, 7) is 3.80. The second-order valence-electron chi connectivity index (χ2n) is 11.4. The molecule has 0 saturated carbocycles. The van der Waals surface area contributed by atoms with Gasteiger partial charge in [0.05, 0.1) is 31.6 Å². The molecular weight excluding hydrogens is 675 g/mol. The summed E-state index contributed by atoms with van der Waals surface area (Å²) in [5.41, 5.74) is 2.84. The van der Waals surface area contributed by atoms with Gasteiger partial charge < -0.3 is 30.2 Å². The van der Waals surface area contributed by atoms with Crippen LogP contribution >= 0.6 is 23.1 Å². The van der Waals surface area contributed by atoms with E-state index >= 15 is 0 Å². The maximum absolute atomic E-state index is 13.7. The van der Waals surface area contributed by atoms with Gasteiger partial charge in [-0.25, -0.2) is 4.79 Å². The third-order valence-corrected chi connectivity index (χ3v) is 10.2. The fourth-order valence-electron chi connectivity index (χ4n) is 5.43. The number of carbonyl (C=O) groups is 4. The number of amides is 3. The van der Waals surface area contributed by atoms with Gasteiger partial charge in [-0.3, -0.25) is 14.4 Å². The highest BCUT2D eigenvalue weighted by molar-refractivity contribution is 8.00. The first kappa shape index (κ1) is 36.2. The molecule has 3 N–H and O–H groups in total. The lowest BCUT2D eigenvalue weighted by Crippen LogP contribution is -2.30. The molecule has 0 radical (unpaired) electrons. The maximum Gasteiger partial charge on any atom is 0.341 e. The van der Waals surface area contributed by atoms with Crippen molar-refractivity contribution in [3.05, 3.63) is 106 Å². The number of nitrogens with one attached hydrogen (secondary N) is 3. The number of methoxy groups -OCH3 is 2. The molecule has 0 aliphatic heterocycles. The molecule has 0 bridgehead atoms. The van der Waals surface area contributed by atoms with E-state index in [1.807, 2.05) is 6.07 Å². The van der Waals surface area contributed by atoms with E-state index in [2.05, 4.69) is 16.0 Å². The number of carbonyl (C=O) groups excluding carboxylic acids is 4. The van der Waals surface area contributed by atoms with E-state index in [4.69, 9.17) is 14.2 Å². The van der Waals surface area contributed by atoms with E-state index < -0.39 is 23.0 Å². The molecule has 1 aromatic heterocycles. The molecule has 4 aromatic rings. The van der Waals surface area contributed by atoms with Gasteiger partial charge in [-0.05, 0) is 93.6 Å². The molecule has 1 atom stereocenters. The van der Waals surface area contributed by atoms with Gasteiger partial charge in [-0.15, -0.1) is 23.1 Å². The molecule has 3 amide bonds. The molecule has 1 aliphatic carbocycles.